The van der Waals surface area contributed by atoms with E-state index in [2.05, 4.69) is 16.3 Å². The molecule has 0 spiro atoms. The van der Waals surface area contributed by atoms with Crippen molar-refractivity contribution in [3.63, 3.8) is 0 Å². The minimum atomic E-state index is 0.625. The fourth-order valence-corrected chi connectivity index (χ4v) is 1.75. The number of anilines is 1. The Labute approximate surface area is 84.7 Å². The number of ether oxygens (including phenoxy) is 1. The van der Waals surface area contributed by atoms with E-state index in [-0.39, 0.29) is 0 Å². The zero-order valence-corrected chi connectivity index (χ0v) is 8.66. The Bertz CT molecular complexity index is 308. The quantitative estimate of drug-likeness (QED) is 0.776. The van der Waals surface area contributed by atoms with Crippen molar-refractivity contribution in [2.45, 2.75) is 6.04 Å². The topological polar surface area (TPSA) is 24.5 Å². The maximum absolute atomic E-state index is 5.31. The molecule has 1 aliphatic heterocycles. The number of methoxy groups -OCH3 is 1. The van der Waals surface area contributed by atoms with Crippen LogP contribution in [0.1, 0.15) is 0 Å². The first-order valence-corrected chi connectivity index (χ1v) is 4.90. The lowest BCUT2D eigenvalue weighted by Crippen LogP contribution is -2.57. The molecule has 0 bridgehead atoms. The third-order valence-electron chi connectivity index (χ3n) is 2.72. The molecule has 2 rings (SSSR count). The minimum absolute atomic E-state index is 0.625. The fourth-order valence-electron chi connectivity index (χ4n) is 1.75. The standard InChI is InChI=1S/C11H16N2O/c1-12-9-7-13(8-9)10-5-3-4-6-11(10)14-2/h3-6,9,12H,7-8H2,1-2H3. The molecule has 1 saturated heterocycles. The molecule has 0 aromatic heterocycles. The molecule has 76 valence electrons. The van der Waals surface area contributed by atoms with Crippen LogP contribution in [-0.2, 0) is 0 Å². The van der Waals surface area contributed by atoms with E-state index < -0.39 is 0 Å². The first-order chi connectivity index (χ1) is 6.85. The zero-order chi connectivity index (χ0) is 9.97. The lowest BCUT2D eigenvalue weighted by molar-refractivity contribution is 0.402. The molecular formula is C11H16N2O. The first kappa shape index (κ1) is 9.34. The van der Waals surface area contributed by atoms with Gasteiger partial charge in [-0.2, -0.15) is 0 Å². The maximum Gasteiger partial charge on any atom is 0.142 e. The van der Waals surface area contributed by atoms with Crippen LogP contribution in [0.2, 0.25) is 0 Å². The van der Waals surface area contributed by atoms with Gasteiger partial charge in [-0.15, -0.1) is 0 Å². The van der Waals surface area contributed by atoms with Gasteiger partial charge in [-0.25, -0.2) is 0 Å². The number of hydrogen-bond donors (Lipinski definition) is 1. The van der Waals surface area contributed by atoms with Gasteiger partial charge < -0.3 is 15.0 Å². The second kappa shape index (κ2) is 3.88. The highest BCUT2D eigenvalue weighted by atomic mass is 16.5. The van der Waals surface area contributed by atoms with Crippen molar-refractivity contribution in [1.82, 2.24) is 5.32 Å². The number of hydrogen-bond acceptors (Lipinski definition) is 3. The third-order valence-corrected chi connectivity index (χ3v) is 2.72. The van der Waals surface area contributed by atoms with Gasteiger partial charge in [0.05, 0.1) is 12.8 Å². The van der Waals surface area contributed by atoms with Gasteiger partial charge in [0, 0.05) is 19.1 Å². The van der Waals surface area contributed by atoms with Crippen LogP contribution < -0.4 is 15.0 Å². The molecule has 1 N–H and O–H groups in total. The molecule has 1 heterocycles. The second-order valence-corrected chi connectivity index (χ2v) is 3.56. The van der Waals surface area contributed by atoms with Crippen LogP contribution in [0.3, 0.4) is 0 Å². The van der Waals surface area contributed by atoms with Gasteiger partial charge in [0.2, 0.25) is 0 Å². The van der Waals surface area contributed by atoms with Gasteiger partial charge in [0.1, 0.15) is 5.75 Å². The van der Waals surface area contributed by atoms with Crippen LogP contribution in [-0.4, -0.2) is 33.3 Å². The smallest absolute Gasteiger partial charge is 0.142 e. The molecule has 1 aromatic carbocycles. The van der Waals surface area contributed by atoms with Crippen LogP contribution in [0, 0.1) is 0 Å². The zero-order valence-electron chi connectivity index (χ0n) is 8.66. The van der Waals surface area contributed by atoms with Crippen molar-refractivity contribution < 1.29 is 4.74 Å². The molecule has 14 heavy (non-hydrogen) atoms. The number of para-hydroxylation sites is 2. The number of likely N-dealkylation sites (N-methyl/N-ethyl adjacent to an activating group) is 1. The Morgan fingerprint density at radius 1 is 1.36 bits per heavy atom. The lowest BCUT2D eigenvalue weighted by Gasteiger charge is -2.41. The molecule has 3 heteroatoms. The van der Waals surface area contributed by atoms with Crippen LogP contribution in [0.15, 0.2) is 24.3 Å². The van der Waals surface area contributed by atoms with Crippen LogP contribution in [0.5, 0.6) is 5.75 Å². The average Bonchev–Trinajstić information content (AvgIpc) is 2.17. The molecule has 1 aromatic rings. The number of nitrogens with zero attached hydrogens (tertiary/aromatic N) is 1. The van der Waals surface area contributed by atoms with Gasteiger partial charge in [0.25, 0.3) is 0 Å². The largest absolute Gasteiger partial charge is 0.495 e. The summed E-state index contributed by atoms with van der Waals surface area (Å²) < 4.78 is 5.31. The van der Waals surface area contributed by atoms with E-state index >= 15 is 0 Å². The Morgan fingerprint density at radius 2 is 2.07 bits per heavy atom. The predicted octanol–water partition coefficient (Wildman–Crippen LogP) is 1.10. The van der Waals surface area contributed by atoms with Gasteiger partial charge >= 0.3 is 0 Å². The summed E-state index contributed by atoms with van der Waals surface area (Å²) in [5.41, 5.74) is 1.20. The van der Waals surface area contributed by atoms with Crippen LogP contribution >= 0.6 is 0 Å². The summed E-state index contributed by atoms with van der Waals surface area (Å²) in [5, 5.41) is 3.26. The Balaban J connectivity index is 2.10. The molecule has 0 unspecified atom stereocenters. The molecule has 0 aliphatic carbocycles. The molecule has 0 radical (unpaired) electrons. The fraction of sp³-hybridized carbons (Fsp3) is 0.455. The average molecular weight is 192 g/mol. The Morgan fingerprint density at radius 3 is 2.71 bits per heavy atom. The highest BCUT2D eigenvalue weighted by molar-refractivity contribution is 5.60. The second-order valence-electron chi connectivity index (χ2n) is 3.56. The summed E-state index contributed by atoms with van der Waals surface area (Å²) in [4.78, 5) is 2.32. The highest BCUT2D eigenvalue weighted by Crippen LogP contribution is 2.30. The summed E-state index contributed by atoms with van der Waals surface area (Å²) in [7, 11) is 3.72. The monoisotopic (exact) mass is 192 g/mol. The SMILES string of the molecule is CNC1CN(c2ccccc2OC)C1. The van der Waals surface area contributed by atoms with Crippen LogP contribution in [0.25, 0.3) is 0 Å². The molecule has 0 saturated carbocycles. The van der Waals surface area contributed by atoms with E-state index in [9.17, 15) is 0 Å². The van der Waals surface area contributed by atoms with E-state index in [1.165, 1.54) is 5.69 Å². The molecular weight excluding hydrogens is 176 g/mol. The highest BCUT2D eigenvalue weighted by Gasteiger charge is 2.26. The van der Waals surface area contributed by atoms with E-state index in [1.54, 1.807) is 7.11 Å². The van der Waals surface area contributed by atoms with Crippen molar-refractivity contribution in [2.75, 3.05) is 32.1 Å². The summed E-state index contributed by atoms with van der Waals surface area (Å²) in [6, 6.07) is 8.77. The van der Waals surface area contributed by atoms with Crippen molar-refractivity contribution in [2.24, 2.45) is 0 Å². The Kier molecular flexibility index (Phi) is 2.59. The lowest BCUT2D eigenvalue weighted by atomic mass is 10.1. The molecule has 0 atom stereocenters. The summed E-state index contributed by atoms with van der Waals surface area (Å²) in [6.07, 6.45) is 0. The van der Waals surface area contributed by atoms with Gasteiger partial charge in [0.15, 0.2) is 0 Å². The molecule has 1 aliphatic rings. The van der Waals surface area contributed by atoms with Gasteiger partial charge in [-0.05, 0) is 19.2 Å². The van der Waals surface area contributed by atoms with E-state index in [0.29, 0.717) is 6.04 Å². The summed E-state index contributed by atoms with van der Waals surface area (Å²) in [6.45, 7) is 2.13. The van der Waals surface area contributed by atoms with Crippen molar-refractivity contribution >= 4 is 5.69 Å². The molecule has 3 nitrogen and oxygen atoms in total. The number of nitrogens with one attached hydrogen (secondary N) is 1. The van der Waals surface area contributed by atoms with Gasteiger partial charge in [-0.1, -0.05) is 12.1 Å². The van der Waals surface area contributed by atoms with E-state index in [0.717, 1.165) is 18.8 Å². The summed E-state index contributed by atoms with van der Waals surface area (Å²) >= 11 is 0. The van der Waals surface area contributed by atoms with Crippen molar-refractivity contribution in [3.8, 4) is 5.75 Å². The minimum Gasteiger partial charge on any atom is -0.495 e. The Hall–Kier alpha value is -1.22. The number of benzene rings is 1. The predicted molar refractivity (Wildman–Crippen MR) is 58.1 cm³/mol. The summed E-state index contributed by atoms with van der Waals surface area (Å²) in [5.74, 6) is 0.960. The third kappa shape index (κ3) is 1.55. The molecule has 0 amide bonds. The maximum atomic E-state index is 5.31. The van der Waals surface area contributed by atoms with Crippen LogP contribution in [0.4, 0.5) is 5.69 Å². The first-order valence-electron chi connectivity index (χ1n) is 4.90. The number of rotatable bonds is 3. The van der Waals surface area contributed by atoms with Crippen molar-refractivity contribution in [3.05, 3.63) is 24.3 Å². The van der Waals surface area contributed by atoms with Crippen molar-refractivity contribution in [1.29, 1.82) is 0 Å². The molecule has 1 fully saturated rings. The van der Waals surface area contributed by atoms with Gasteiger partial charge in [-0.3, -0.25) is 0 Å². The normalized spacial score (nSPS) is 16.6. The van der Waals surface area contributed by atoms with E-state index in [1.807, 2.05) is 25.2 Å². The van der Waals surface area contributed by atoms with E-state index in [4.69, 9.17) is 4.74 Å².